The monoisotopic (exact) mass is 364 g/mol. The molecule has 1 unspecified atom stereocenters. The third-order valence-electron chi connectivity index (χ3n) is 3.36. The maximum Gasteiger partial charge on any atom is 0.0852 e. The molecule has 0 aliphatic rings. The molecule has 0 aromatic heterocycles. The molecule has 1 atom stereocenters. The van der Waals surface area contributed by atoms with Gasteiger partial charge in [-0.05, 0) is 28.6 Å². The molecule has 3 aromatic carbocycles. The van der Waals surface area contributed by atoms with Crippen LogP contribution in [0.5, 0.6) is 0 Å². The van der Waals surface area contributed by atoms with Gasteiger partial charge in [0.1, 0.15) is 0 Å². The average Bonchev–Trinajstić information content (AvgIpc) is 2.48. The summed E-state index contributed by atoms with van der Waals surface area (Å²) in [5, 5.41) is 2.66. The summed E-state index contributed by atoms with van der Waals surface area (Å²) in [7, 11) is 0. The Morgan fingerprint density at radius 1 is 0.750 bits per heavy atom. The van der Waals surface area contributed by atoms with Crippen LogP contribution >= 0.6 is 39.1 Å². The zero-order valence-corrected chi connectivity index (χ0v) is 13.6. The molecule has 100 valence electrons. The second-order valence-electron chi connectivity index (χ2n) is 4.57. The van der Waals surface area contributed by atoms with Crippen molar-refractivity contribution in [3.63, 3.8) is 0 Å². The normalized spacial score (nSPS) is 12.6. The van der Waals surface area contributed by atoms with Gasteiger partial charge >= 0.3 is 0 Å². The Hall–Kier alpha value is -1.02. The van der Waals surface area contributed by atoms with E-state index in [1.807, 2.05) is 54.6 Å². The second-order valence-corrected chi connectivity index (χ2v) is 6.26. The Kier molecular flexibility index (Phi) is 4.02. The minimum absolute atomic E-state index is 0.215. The molecule has 0 aliphatic heterocycles. The summed E-state index contributed by atoms with van der Waals surface area (Å²) < 4.78 is 1.01. The van der Waals surface area contributed by atoms with Crippen LogP contribution in [0.4, 0.5) is 0 Å². The number of fused-ring (bicyclic) bond motifs is 1. The summed E-state index contributed by atoms with van der Waals surface area (Å²) in [6.45, 7) is 0. The number of alkyl halides is 1. The van der Waals surface area contributed by atoms with Crippen molar-refractivity contribution in [3.05, 3.63) is 81.3 Å². The van der Waals surface area contributed by atoms with E-state index in [1.165, 1.54) is 0 Å². The molecule has 3 rings (SSSR count). The fraction of sp³-hybridized carbons (Fsp3) is 0.0588. The molecule has 0 bridgehead atoms. The lowest BCUT2D eigenvalue weighted by molar-refractivity contribution is 1.15. The molecule has 0 fully saturated rings. The molecule has 0 saturated carbocycles. The molecule has 3 heteroatoms. The van der Waals surface area contributed by atoms with Crippen molar-refractivity contribution in [1.82, 2.24) is 0 Å². The van der Waals surface area contributed by atoms with Crippen LogP contribution in [0.3, 0.4) is 0 Å². The number of rotatable bonds is 2. The first-order valence-corrected chi connectivity index (χ1v) is 7.85. The lowest BCUT2D eigenvalue weighted by Gasteiger charge is -2.15. The van der Waals surface area contributed by atoms with E-state index in [0.29, 0.717) is 0 Å². The van der Waals surface area contributed by atoms with Gasteiger partial charge in [0.2, 0.25) is 0 Å². The summed E-state index contributed by atoms with van der Waals surface area (Å²) in [5.41, 5.74) is 2.13. The molecule has 0 amide bonds. The summed E-state index contributed by atoms with van der Waals surface area (Å²) >= 11 is 16.5. The first-order chi connectivity index (χ1) is 9.68. The number of benzene rings is 3. The smallest absolute Gasteiger partial charge is 0.0852 e. The molecule has 20 heavy (non-hydrogen) atoms. The lowest BCUT2D eigenvalue weighted by Crippen LogP contribution is -1.96. The zero-order valence-electron chi connectivity index (χ0n) is 10.5. The molecule has 0 spiro atoms. The van der Waals surface area contributed by atoms with Crippen LogP contribution in [-0.4, -0.2) is 0 Å². The maximum atomic E-state index is 6.70. The van der Waals surface area contributed by atoms with Crippen molar-refractivity contribution < 1.29 is 0 Å². The van der Waals surface area contributed by atoms with Gasteiger partial charge in [-0.25, -0.2) is 0 Å². The van der Waals surface area contributed by atoms with E-state index in [1.54, 1.807) is 0 Å². The Morgan fingerprint density at radius 3 is 2.15 bits per heavy atom. The van der Waals surface area contributed by atoms with Crippen LogP contribution in [0.15, 0.2) is 65.1 Å². The predicted octanol–water partition coefficient (Wildman–Crippen LogP) is 6.58. The first-order valence-electron chi connectivity index (χ1n) is 6.24. The highest BCUT2D eigenvalue weighted by molar-refractivity contribution is 9.10. The van der Waals surface area contributed by atoms with Crippen LogP contribution in [-0.2, 0) is 0 Å². The summed E-state index contributed by atoms with van der Waals surface area (Å²) in [6, 6.07) is 20.0. The van der Waals surface area contributed by atoms with Crippen molar-refractivity contribution in [3.8, 4) is 0 Å². The van der Waals surface area contributed by atoms with Crippen LogP contribution in [0, 0.1) is 0 Å². The van der Waals surface area contributed by atoms with E-state index in [2.05, 4.69) is 22.0 Å². The topological polar surface area (TPSA) is 0 Å². The van der Waals surface area contributed by atoms with Gasteiger partial charge in [-0.2, -0.15) is 0 Å². The van der Waals surface area contributed by atoms with Crippen molar-refractivity contribution in [2.45, 2.75) is 5.38 Å². The fourth-order valence-electron chi connectivity index (χ4n) is 2.35. The van der Waals surface area contributed by atoms with E-state index in [9.17, 15) is 0 Å². The molecule has 0 heterocycles. The second kappa shape index (κ2) is 5.77. The van der Waals surface area contributed by atoms with Crippen molar-refractivity contribution >= 4 is 49.9 Å². The Labute approximate surface area is 136 Å². The largest absolute Gasteiger partial charge is 0.113 e. The van der Waals surface area contributed by atoms with Crippen LogP contribution in [0.25, 0.3) is 10.8 Å². The number of hydrogen-bond donors (Lipinski definition) is 0. The average molecular weight is 366 g/mol. The van der Waals surface area contributed by atoms with Gasteiger partial charge in [-0.3, -0.25) is 0 Å². The van der Waals surface area contributed by atoms with Crippen molar-refractivity contribution in [2.75, 3.05) is 0 Å². The maximum absolute atomic E-state index is 6.70. The predicted molar refractivity (Wildman–Crippen MR) is 90.8 cm³/mol. The van der Waals surface area contributed by atoms with Crippen LogP contribution < -0.4 is 0 Å². The van der Waals surface area contributed by atoms with Gasteiger partial charge in [0.25, 0.3) is 0 Å². The van der Waals surface area contributed by atoms with Crippen molar-refractivity contribution in [2.24, 2.45) is 0 Å². The minimum Gasteiger partial charge on any atom is -0.113 e. The molecule has 0 nitrogen and oxygen atoms in total. The minimum atomic E-state index is -0.215. The molecule has 0 saturated heterocycles. The van der Waals surface area contributed by atoms with Crippen LogP contribution in [0.1, 0.15) is 16.5 Å². The van der Waals surface area contributed by atoms with E-state index >= 15 is 0 Å². The standard InChI is InChI=1S/C17H11BrCl2/c18-15-8-4-3-7-14(15)17(20)13-9-10-16(19)12-6-2-1-5-11(12)13/h1-10,17H. The fourth-order valence-corrected chi connectivity index (χ4v) is 3.61. The lowest BCUT2D eigenvalue weighted by atomic mass is 9.98. The SMILES string of the molecule is Clc1ccc(C(Cl)c2ccccc2Br)c2ccccc12. The molecule has 3 aromatic rings. The molecule has 0 N–H and O–H groups in total. The summed E-state index contributed by atoms with van der Waals surface area (Å²) in [4.78, 5) is 0. The van der Waals surface area contributed by atoms with Gasteiger partial charge in [0.15, 0.2) is 0 Å². The molecular weight excluding hydrogens is 355 g/mol. The molecule has 0 radical (unpaired) electrons. The highest BCUT2D eigenvalue weighted by Gasteiger charge is 2.16. The van der Waals surface area contributed by atoms with E-state index < -0.39 is 0 Å². The summed E-state index contributed by atoms with van der Waals surface area (Å²) in [6.07, 6.45) is 0. The summed E-state index contributed by atoms with van der Waals surface area (Å²) in [5.74, 6) is 0. The van der Waals surface area contributed by atoms with E-state index in [4.69, 9.17) is 23.2 Å². The van der Waals surface area contributed by atoms with Crippen molar-refractivity contribution in [1.29, 1.82) is 0 Å². The van der Waals surface area contributed by atoms with E-state index in [-0.39, 0.29) is 5.38 Å². The third-order valence-corrected chi connectivity index (χ3v) is 4.88. The van der Waals surface area contributed by atoms with E-state index in [0.717, 1.165) is 31.4 Å². The Morgan fingerprint density at radius 2 is 1.40 bits per heavy atom. The third kappa shape index (κ3) is 2.46. The first kappa shape index (κ1) is 13.9. The van der Waals surface area contributed by atoms with Crippen LogP contribution in [0.2, 0.25) is 5.02 Å². The molecule has 0 aliphatic carbocycles. The van der Waals surface area contributed by atoms with Gasteiger partial charge in [0, 0.05) is 14.9 Å². The zero-order chi connectivity index (χ0) is 14.1. The highest BCUT2D eigenvalue weighted by atomic mass is 79.9. The van der Waals surface area contributed by atoms with Gasteiger partial charge in [-0.1, -0.05) is 76.1 Å². The van der Waals surface area contributed by atoms with Gasteiger partial charge in [0.05, 0.1) is 5.38 Å². The Balaban J connectivity index is 2.20. The van der Waals surface area contributed by atoms with Gasteiger partial charge in [-0.15, -0.1) is 11.6 Å². The number of halogens is 3. The van der Waals surface area contributed by atoms with Gasteiger partial charge < -0.3 is 0 Å². The quantitative estimate of drug-likeness (QED) is 0.449. The number of hydrogen-bond acceptors (Lipinski definition) is 0. The Bertz CT molecular complexity index is 768. The highest BCUT2D eigenvalue weighted by Crippen LogP contribution is 2.38. The molecular formula is C17H11BrCl2.